The van der Waals surface area contributed by atoms with Gasteiger partial charge in [0.1, 0.15) is 5.75 Å². The van der Waals surface area contributed by atoms with Gasteiger partial charge in [-0.1, -0.05) is 17.7 Å². The van der Waals surface area contributed by atoms with E-state index in [1.165, 1.54) is 10.1 Å². The Morgan fingerprint density at radius 2 is 2.00 bits per heavy atom. The van der Waals surface area contributed by atoms with Gasteiger partial charge in [-0.2, -0.15) is 0 Å². The van der Waals surface area contributed by atoms with Gasteiger partial charge >= 0.3 is 0 Å². The highest BCUT2D eigenvalue weighted by atomic mass is 32.1. The normalized spacial score (nSPS) is 10.8. The highest BCUT2D eigenvalue weighted by molar-refractivity contribution is 7.17. The molecule has 0 aliphatic heterocycles. The summed E-state index contributed by atoms with van der Waals surface area (Å²) in [5.74, 6) is 0.342. The maximum atomic E-state index is 9.81. The van der Waals surface area contributed by atoms with E-state index in [2.05, 4.69) is 35.0 Å². The molecule has 0 aliphatic carbocycles. The second-order valence-electron chi connectivity index (χ2n) is 4.66. The van der Waals surface area contributed by atoms with Crippen molar-refractivity contribution in [2.24, 2.45) is 0 Å². The minimum absolute atomic E-state index is 0.342. The number of fused-ring (bicyclic) bond motifs is 1. The molecule has 0 unspecified atom stereocenters. The monoisotopic (exact) mass is 269 g/mol. The molecule has 0 atom stereocenters. The lowest BCUT2D eigenvalue weighted by Gasteiger charge is -2.09. The van der Waals surface area contributed by atoms with Gasteiger partial charge in [0, 0.05) is 22.5 Å². The average Bonchev–Trinajstić information content (AvgIpc) is 2.87. The molecule has 0 fully saturated rings. The maximum absolute atomic E-state index is 9.81. The summed E-state index contributed by atoms with van der Waals surface area (Å²) in [4.78, 5) is 0. The summed E-state index contributed by atoms with van der Waals surface area (Å²) in [6.45, 7) is 2.66. The maximum Gasteiger partial charge on any atom is 0.120 e. The van der Waals surface area contributed by atoms with E-state index in [4.69, 9.17) is 0 Å². The van der Waals surface area contributed by atoms with Gasteiger partial charge in [-0.05, 0) is 48.0 Å². The molecule has 96 valence electrons. The predicted octanol–water partition coefficient (Wildman–Crippen LogP) is 4.53. The second-order valence-corrected chi connectivity index (χ2v) is 5.61. The molecule has 1 heterocycles. The first kappa shape index (κ1) is 12.1. The molecular weight excluding hydrogens is 254 g/mol. The van der Waals surface area contributed by atoms with E-state index in [0.717, 1.165) is 16.8 Å². The minimum atomic E-state index is 0.342. The van der Waals surface area contributed by atoms with Crippen LogP contribution < -0.4 is 5.32 Å². The average molecular weight is 269 g/mol. The molecule has 1 aromatic heterocycles. The smallest absolute Gasteiger partial charge is 0.120 e. The number of benzene rings is 2. The fraction of sp³-hybridized carbons (Fsp3) is 0.125. The van der Waals surface area contributed by atoms with Crippen LogP contribution >= 0.6 is 11.3 Å². The van der Waals surface area contributed by atoms with Gasteiger partial charge in [-0.25, -0.2) is 0 Å². The molecule has 0 amide bonds. The van der Waals surface area contributed by atoms with Gasteiger partial charge < -0.3 is 10.4 Å². The molecule has 2 nitrogen and oxygen atoms in total. The molecule has 0 radical (unpaired) electrons. The van der Waals surface area contributed by atoms with Crippen molar-refractivity contribution >= 4 is 27.1 Å². The Morgan fingerprint density at radius 1 is 1.11 bits per heavy atom. The van der Waals surface area contributed by atoms with Gasteiger partial charge in [0.2, 0.25) is 0 Å². The number of thiophene rings is 1. The largest absolute Gasteiger partial charge is 0.508 e. The van der Waals surface area contributed by atoms with Crippen molar-refractivity contribution in [1.82, 2.24) is 0 Å². The van der Waals surface area contributed by atoms with Gasteiger partial charge in [0.15, 0.2) is 0 Å². The number of rotatable bonds is 3. The third-order valence-electron chi connectivity index (χ3n) is 3.17. The molecular formula is C16H15NOS. The lowest BCUT2D eigenvalue weighted by Crippen LogP contribution is -1.99. The molecule has 0 aliphatic rings. The van der Waals surface area contributed by atoms with Crippen LogP contribution in [0.25, 0.3) is 10.1 Å². The van der Waals surface area contributed by atoms with Crippen LogP contribution in [0.5, 0.6) is 5.75 Å². The van der Waals surface area contributed by atoms with E-state index < -0.39 is 0 Å². The van der Waals surface area contributed by atoms with Crippen LogP contribution in [0.1, 0.15) is 11.1 Å². The zero-order chi connectivity index (χ0) is 13.2. The Hall–Kier alpha value is -2.00. The third kappa shape index (κ3) is 2.56. The zero-order valence-corrected chi connectivity index (χ0v) is 11.5. The quantitative estimate of drug-likeness (QED) is 0.732. The molecule has 0 spiro atoms. The number of aryl methyl sites for hydroxylation is 1. The van der Waals surface area contributed by atoms with Crippen molar-refractivity contribution in [1.29, 1.82) is 0 Å². The Morgan fingerprint density at radius 3 is 2.89 bits per heavy atom. The summed E-state index contributed by atoms with van der Waals surface area (Å²) in [5, 5.41) is 16.5. The molecule has 0 saturated carbocycles. The van der Waals surface area contributed by atoms with Gasteiger partial charge in [-0.3, -0.25) is 0 Å². The lowest BCUT2D eigenvalue weighted by atomic mass is 10.1. The molecule has 0 saturated heterocycles. The molecule has 3 heteroatoms. The van der Waals surface area contributed by atoms with Crippen LogP contribution in [0, 0.1) is 6.92 Å². The number of anilines is 1. The summed E-state index contributed by atoms with van der Waals surface area (Å²) in [5.41, 5.74) is 3.15. The third-order valence-corrected chi connectivity index (χ3v) is 4.07. The summed E-state index contributed by atoms with van der Waals surface area (Å²) >= 11 is 1.75. The van der Waals surface area contributed by atoms with Crippen molar-refractivity contribution in [3.63, 3.8) is 0 Å². The SMILES string of the molecule is Cc1ccc(O)c(CNc2ccc3sccc3c2)c1. The Kier molecular flexibility index (Phi) is 3.13. The van der Waals surface area contributed by atoms with Crippen LogP contribution in [0.15, 0.2) is 47.8 Å². The first-order valence-electron chi connectivity index (χ1n) is 6.22. The molecule has 0 bridgehead atoms. The number of phenolic OH excluding ortho intramolecular Hbond substituents is 1. The highest BCUT2D eigenvalue weighted by Gasteiger charge is 2.02. The lowest BCUT2D eigenvalue weighted by molar-refractivity contribution is 0.469. The first-order valence-corrected chi connectivity index (χ1v) is 7.10. The second kappa shape index (κ2) is 4.94. The van der Waals surface area contributed by atoms with Crippen LogP contribution in [-0.2, 0) is 6.54 Å². The summed E-state index contributed by atoms with van der Waals surface area (Å²) < 4.78 is 1.30. The Balaban J connectivity index is 1.79. The fourth-order valence-electron chi connectivity index (χ4n) is 2.13. The van der Waals surface area contributed by atoms with Crippen molar-refractivity contribution in [2.75, 3.05) is 5.32 Å². The molecule has 2 N–H and O–H groups in total. The summed E-state index contributed by atoms with van der Waals surface area (Å²) in [6.07, 6.45) is 0. The highest BCUT2D eigenvalue weighted by Crippen LogP contribution is 2.25. The van der Waals surface area contributed by atoms with E-state index in [9.17, 15) is 5.11 Å². The molecule has 3 aromatic rings. The molecule has 3 rings (SSSR count). The Bertz CT molecular complexity index is 718. The van der Waals surface area contributed by atoms with E-state index >= 15 is 0 Å². The minimum Gasteiger partial charge on any atom is -0.508 e. The Labute approximate surface area is 116 Å². The summed E-state index contributed by atoms with van der Waals surface area (Å²) in [7, 11) is 0. The van der Waals surface area contributed by atoms with Crippen molar-refractivity contribution < 1.29 is 5.11 Å². The van der Waals surface area contributed by atoms with Crippen molar-refractivity contribution in [3.05, 3.63) is 59.0 Å². The van der Waals surface area contributed by atoms with Gasteiger partial charge in [0.05, 0.1) is 0 Å². The number of hydrogen-bond acceptors (Lipinski definition) is 3. The standard InChI is InChI=1S/C16H15NOS/c1-11-2-4-15(18)13(8-11)10-17-14-3-5-16-12(9-14)6-7-19-16/h2-9,17-18H,10H2,1H3. The van der Waals surface area contributed by atoms with Crippen LogP contribution in [0.2, 0.25) is 0 Å². The van der Waals surface area contributed by atoms with E-state index in [1.54, 1.807) is 17.4 Å². The number of phenols is 1. The topological polar surface area (TPSA) is 32.3 Å². The van der Waals surface area contributed by atoms with Crippen LogP contribution in [-0.4, -0.2) is 5.11 Å². The zero-order valence-electron chi connectivity index (χ0n) is 10.7. The predicted molar refractivity (Wildman–Crippen MR) is 82.0 cm³/mol. The van der Waals surface area contributed by atoms with Crippen LogP contribution in [0.3, 0.4) is 0 Å². The van der Waals surface area contributed by atoms with E-state index in [1.807, 2.05) is 19.1 Å². The van der Waals surface area contributed by atoms with E-state index in [0.29, 0.717) is 12.3 Å². The van der Waals surface area contributed by atoms with Crippen molar-refractivity contribution in [2.45, 2.75) is 13.5 Å². The van der Waals surface area contributed by atoms with Crippen LogP contribution in [0.4, 0.5) is 5.69 Å². The number of aromatic hydroxyl groups is 1. The van der Waals surface area contributed by atoms with Crippen molar-refractivity contribution in [3.8, 4) is 5.75 Å². The summed E-state index contributed by atoms with van der Waals surface area (Å²) in [6, 6.07) is 14.1. The molecule has 2 aromatic carbocycles. The number of nitrogens with one attached hydrogen (secondary N) is 1. The van der Waals surface area contributed by atoms with Gasteiger partial charge in [0.25, 0.3) is 0 Å². The fourth-order valence-corrected chi connectivity index (χ4v) is 2.90. The first-order chi connectivity index (χ1) is 9.22. The molecule has 19 heavy (non-hydrogen) atoms. The van der Waals surface area contributed by atoms with E-state index in [-0.39, 0.29) is 0 Å². The number of hydrogen-bond donors (Lipinski definition) is 2. The van der Waals surface area contributed by atoms with Gasteiger partial charge in [-0.15, -0.1) is 11.3 Å².